The van der Waals surface area contributed by atoms with Crippen molar-refractivity contribution >= 4 is 34.7 Å². The van der Waals surface area contributed by atoms with E-state index in [-0.39, 0.29) is 17.6 Å². The molecule has 2 atom stereocenters. The van der Waals surface area contributed by atoms with Crippen molar-refractivity contribution in [2.75, 3.05) is 10.2 Å². The number of hydrogen-bond acceptors (Lipinski definition) is 3. The van der Waals surface area contributed by atoms with Crippen LogP contribution in [0, 0.1) is 6.92 Å². The van der Waals surface area contributed by atoms with E-state index in [9.17, 15) is 9.59 Å². The number of carbonyl (C=O) groups is 2. The van der Waals surface area contributed by atoms with E-state index in [1.165, 1.54) is 5.56 Å². The topological polar surface area (TPSA) is 49.4 Å². The minimum atomic E-state index is -0.538. The van der Waals surface area contributed by atoms with Crippen LogP contribution in [-0.4, -0.2) is 11.7 Å². The van der Waals surface area contributed by atoms with Gasteiger partial charge in [0.15, 0.2) is 5.78 Å². The monoisotopic (exact) mass is 470 g/mol. The largest absolute Gasteiger partial charge is 0.357 e. The maximum atomic E-state index is 13.8. The van der Waals surface area contributed by atoms with E-state index in [0.717, 1.165) is 28.2 Å². The molecule has 3 aromatic rings. The van der Waals surface area contributed by atoms with Gasteiger partial charge in [-0.2, -0.15) is 0 Å². The Labute approximate surface area is 205 Å². The highest BCUT2D eigenvalue weighted by Gasteiger charge is 2.41. The van der Waals surface area contributed by atoms with Gasteiger partial charge in [0, 0.05) is 29.1 Å². The Morgan fingerprint density at radius 2 is 1.76 bits per heavy atom. The molecule has 0 radical (unpaired) electrons. The lowest BCUT2D eigenvalue weighted by atomic mass is 9.78. The maximum absolute atomic E-state index is 13.8. The molecule has 2 aliphatic rings. The number of nitrogens with zero attached hydrogens (tertiary/aromatic N) is 1. The number of Topliss-reactive ketones (excluding diaryl/α,β-unsaturated/α-hetero) is 1. The number of aryl methyl sites for hydroxylation is 1. The van der Waals surface area contributed by atoms with Crippen LogP contribution in [0.15, 0.2) is 84.1 Å². The van der Waals surface area contributed by atoms with Crippen LogP contribution in [0.1, 0.15) is 54.8 Å². The molecular formula is C29H27ClN2O2. The zero-order chi connectivity index (χ0) is 23.8. The number of anilines is 2. The molecule has 1 aliphatic carbocycles. The number of nitrogens with one attached hydrogen (secondary N) is 1. The lowest BCUT2D eigenvalue weighted by Crippen LogP contribution is -2.38. The van der Waals surface area contributed by atoms with Crippen molar-refractivity contribution in [3.8, 4) is 0 Å². The number of para-hydroxylation sites is 2. The Balaban J connectivity index is 1.70. The van der Waals surface area contributed by atoms with Gasteiger partial charge < -0.3 is 5.32 Å². The van der Waals surface area contributed by atoms with Crippen LogP contribution in [0.25, 0.3) is 0 Å². The van der Waals surface area contributed by atoms with Crippen molar-refractivity contribution in [3.63, 3.8) is 0 Å². The highest BCUT2D eigenvalue weighted by atomic mass is 35.5. The highest BCUT2D eigenvalue weighted by Crippen LogP contribution is 2.47. The van der Waals surface area contributed by atoms with Crippen molar-refractivity contribution < 1.29 is 9.59 Å². The molecule has 1 amide bonds. The molecule has 0 saturated heterocycles. The number of amides is 1. The zero-order valence-electron chi connectivity index (χ0n) is 19.3. The molecule has 0 fully saturated rings. The van der Waals surface area contributed by atoms with Gasteiger partial charge in [-0.15, -0.1) is 0 Å². The highest BCUT2D eigenvalue weighted by molar-refractivity contribution is 6.30. The van der Waals surface area contributed by atoms with Gasteiger partial charge in [0.1, 0.15) is 0 Å². The first-order valence-electron chi connectivity index (χ1n) is 11.7. The van der Waals surface area contributed by atoms with Gasteiger partial charge in [-0.1, -0.05) is 72.6 Å². The number of ketones is 1. The van der Waals surface area contributed by atoms with Crippen molar-refractivity contribution in [2.45, 2.75) is 45.1 Å². The van der Waals surface area contributed by atoms with Gasteiger partial charge in [-0.25, -0.2) is 0 Å². The molecule has 1 heterocycles. The molecule has 172 valence electrons. The number of fused-ring (bicyclic) bond motifs is 1. The number of rotatable bonds is 3. The molecule has 3 aromatic carbocycles. The van der Waals surface area contributed by atoms with E-state index in [1.54, 1.807) is 4.90 Å². The maximum Gasteiger partial charge on any atom is 0.227 e. The predicted molar refractivity (Wildman–Crippen MR) is 137 cm³/mol. The fourth-order valence-corrected chi connectivity index (χ4v) is 5.30. The van der Waals surface area contributed by atoms with Crippen molar-refractivity contribution in [2.24, 2.45) is 0 Å². The number of carbonyl (C=O) groups excluding carboxylic acids is 2. The molecule has 0 saturated carbocycles. The van der Waals surface area contributed by atoms with Crippen molar-refractivity contribution in [3.05, 3.63) is 106 Å². The number of halogens is 1. The molecule has 1 N–H and O–H groups in total. The Bertz CT molecular complexity index is 1300. The first-order valence-corrected chi connectivity index (χ1v) is 12.1. The number of hydrogen-bond donors (Lipinski definition) is 1. The smallest absolute Gasteiger partial charge is 0.227 e. The van der Waals surface area contributed by atoms with Crippen LogP contribution >= 0.6 is 11.6 Å². The lowest BCUT2D eigenvalue weighted by Gasteiger charge is -2.35. The van der Waals surface area contributed by atoms with Crippen LogP contribution in [0.3, 0.4) is 0 Å². The third-order valence-electron chi connectivity index (χ3n) is 6.77. The predicted octanol–water partition coefficient (Wildman–Crippen LogP) is 6.96. The van der Waals surface area contributed by atoms with Gasteiger partial charge in [0.25, 0.3) is 0 Å². The Morgan fingerprint density at radius 1 is 1.00 bits per heavy atom. The normalized spacial score (nSPS) is 19.7. The van der Waals surface area contributed by atoms with Crippen LogP contribution in [-0.2, 0) is 9.59 Å². The second kappa shape index (κ2) is 9.11. The molecule has 0 bridgehead atoms. The molecule has 4 nitrogen and oxygen atoms in total. The van der Waals surface area contributed by atoms with Crippen molar-refractivity contribution in [1.82, 2.24) is 0 Å². The molecule has 0 spiro atoms. The van der Waals surface area contributed by atoms with Gasteiger partial charge in [-0.3, -0.25) is 14.5 Å². The Kier molecular flexibility index (Phi) is 6.01. The standard InChI is InChI=1S/C29H27ClN2O2/c1-3-27(34)32-25-10-5-4-9-23(25)31-24-16-21(19-13-11-18(2)12-14-19)17-26(33)28(24)29(32)20-7-6-8-22(30)15-20/h4-15,21,29,31H,3,16-17H2,1-2H3. The van der Waals surface area contributed by atoms with Gasteiger partial charge >= 0.3 is 0 Å². The SMILES string of the molecule is CCC(=O)N1c2ccccc2NC2=C(C(=O)CC(c3ccc(C)cc3)C2)C1c1cccc(Cl)c1. The first kappa shape index (κ1) is 22.4. The summed E-state index contributed by atoms with van der Waals surface area (Å²) >= 11 is 6.37. The summed E-state index contributed by atoms with van der Waals surface area (Å²) in [5.74, 6) is 0.104. The summed E-state index contributed by atoms with van der Waals surface area (Å²) in [6.07, 6.45) is 1.43. The summed E-state index contributed by atoms with van der Waals surface area (Å²) < 4.78 is 0. The third-order valence-corrected chi connectivity index (χ3v) is 7.01. The molecule has 5 rings (SSSR count). The van der Waals surface area contributed by atoms with Gasteiger partial charge in [0.2, 0.25) is 5.91 Å². The molecule has 2 unspecified atom stereocenters. The Hall–Kier alpha value is -3.37. The molecule has 1 aliphatic heterocycles. The van der Waals surface area contributed by atoms with Gasteiger partial charge in [0.05, 0.1) is 17.4 Å². The lowest BCUT2D eigenvalue weighted by molar-refractivity contribution is -0.119. The van der Waals surface area contributed by atoms with Crippen LogP contribution in [0.4, 0.5) is 11.4 Å². The summed E-state index contributed by atoms with van der Waals surface area (Å²) in [7, 11) is 0. The average molecular weight is 471 g/mol. The molecular weight excluding hydrogens is 444 g/mol. The summed E-state index contributed by atoms with van der Waals surface area (Å²) in [6.45, 7) is 3.92. The first-order chi connectivity index (χ1) is 16.5. The summed E-state index contributed by atoms with van der Waals surface area (Å²) in [5.41, 5.74) is 6.33. The van der Waals surface area contributed by atoms with Crippen LogP contribution in [0.5, 0.6) is 0 Å². The third kappa shape index (κ3) is 4.03. The number of benzene rings is 3. The molecule has 0 aromatic heterocycles. The second-order valence-corrected chi connectivity index (χ2v) is 9.48. The van der Waals surface area contributed by atoms with Crippen molar-refractivity contribution in [1.29, 1.82) is 0 Å². The zero-order valence-corrected chi connectivity index (χ0v) is 20.1. The second-order valence-electron chi connectivity index (χ2n) is 9.05. The number of allylic oxidation sites excluding steroid dienone is 1. The van der Waals surface area contributed by atoms with E-state index in [4.69, 9.17) is 11.6 Å². The quantitative estimate of drug-likeness (QED) is 0.450. The Morgan fingerprint density at radius 3 is 2.50 bits per heavy atom. The van der Waals surface area contributed by atoms with E-state index in [2.05, 4.69) is 36.5 Å². The van der Waals surface area contributed by atoms with Gasteiger partial charge in [-0.05, 0) is 54.7 Å². The minimum absolute atomic E-state index is 0.0403. The van der Waals surface area contributed by atoms with E-state index < -0.39 is 6.04 Å². The molecule has 5 heteroatoms. The minimum Gasteiger partial charge on any atom is -0.357 e. The summed E-state index contributed by atoms with van der Waals surface area (Å²) in [5, 5.41) is 4.14. The fraction of sp³-hybridized carbons (Fsp3) is 0.241. The fourth-order valence-electron chi connectivity index (χ4n) is 5.10. The summed E-state index contributed by atoms with van der Waals surface area (Å²) in [4.78, 5) is 29.0. The summed E-state index contributed by atoms with van der Waals surface area (Å²) in [6, 6.07) is 23.2. The average Bonchev–Trinajstić information content (AvgIpc) is 2.98. The van der Waals surface area contributed by atoms with E-state index >= 15 is 0 Å². The van der Waals surface area contributed by atoms with Crippen LogP contribution in [0.2, 0.25) is 5.02 Å². The van der Waals surface area contributed by atoms with E-state index in [0.29, 0.717) is 29.9 Å². The van der Waals surface area contributed by atoms with Crippen LogP contribution < -0.4 is 10.2 Å². The van der Waals surface area contributed by atoms with E-state index in [1.807, 2.05) is 55.5 Å². The molecule has 34 heavy (non-hydrogen) atoms.